The fourth-order valence-electron chi connectivity index (χ4n) is 3.38. The summed E-state index contributed by atoms with van der Waals surface area (Å²) in [4.78, 5) is 41.5. The molecule has 0 aliphatic heterocycles. The van der Waals surface area contributed by atoms with E-state index in [0.717, 1.165) is 21.8 Å². The number of hydrogen-bond acceptors (Lipinski definition) is 9. The first-order valence-corrected chi connectivity index (χ1v) is 11.2. The molecule has 0 radical (unpaired) electrons. The van der Waals surface area contributed by atoms with Crippen LogP contribution in [0.3, 0.4) is 0 Å². The molecule has 0 unspecified atom stereocenters. The molecular formula is C25H23FN6O5. The highest BCUT2D eigenvalue weighted by atomic mass is 19.1. The number of methoxy groups -OCH3 is 1. The third-order valence-corrected chi connectivity index (χ3v) is 5.33. The van der Waals surface area contributed by atoms with Gasteiger partial charge in [0.2, 0.25) is 11.8 Å². The molecule has 37 heavy (non-hydrogen) atoms. The molecule has 0 fully saturated rings. The van der Waals surface area contributed by atoms with Gasteiger partial charge in [-0.2, -0.15) is 10.1 Å². The Balaban J connectivity index is 1.67. The fraction of sp³-hybridized carbons (Fsp3) is 0.200. The lowest BCUT2D eigenvalue weighted by atomic mass is 10.1. The van der Waals surface area contributed by atoms with Crippen LogP contribution in [0.15, 0.2) is 70.4 Å². The van der Waals surface area contributed by atoms with Crippen LogP contribution in [-0.2, 0) is 22.6 Å². The van der Waals surface area contributed by atoms with Gasteiger partial charge in [0.25, 0.3) is 0 Å². The van der Waals surface area contributed by atoms with Gasteiger partial charge in [0.15, 0.2) is 11.6 Å². The van der Waals surface area contributed by atoms with E-state index in [9.17, 15) is 18.8 Å². The number of hydrogen-bond donors (Lipinski definition) is 1. The van der Waals surface area contributed by atoms with Gasteiger partial charge in [0.05, 0.1) is 20.1 Å². The Labute approximate surface area is 210 Å². The van der Waals surface area contributed by atoms with Crippen molar-refractivity contribution in [2.24, 2.45) is 0 Å². The predicted octanol–water partition coefficient (Wildman–Crippen LogP) is 2.79. The standard InChI is InChI=1S/C25H23FN6O5/c1-16-5-7-17(8-6-16)15-32-23(29-24(34)31(25(32)35)13-11-22(33)36-2)28-18-9-10-20(19(26)14-18)37-21-4-3-12-27-30-21/h3-10,12,14H,11,13,15H2,1-2H3,(H,28,29,34). The number of nitrogens with one attached hydrogen (secondary N) is 1. The van der Waals surface area contributed by atoms with E-state index in [0.29, 0.717) is 0 Å². The van der Waals surface area contributed by atoms with Gasteiger partial charge in [-0.25, -0.2) is 18.5 Å². The molecule has 0 saturated carbocycles. The summed E-state index contributed by atoms with van der Waals surface area (Å²) in [5.74, 6) is -1.35. The topological polar surface area (TPSA) is 130 Å². The van der Waals surface area contributed by atoms with Gasteiger partial charge in [-0.15, -0.1) is 5.10 Å². The summed E-state index contributed by atoms with van der Waals surface area (Å²) < 4.78 is 26.8. The summed E-state index contributed by atoms with van der Waals surface area (Å²) in [5, 5.41) is 10.3. The molecule has 0 saturated heterocycles. The van der Waals surface area contributed by atoms with Crippen molar-refractivity contribution in [1.29, 1.82) is 0 Å². The first-order chi connectivity index (χ1) is 17.8. The Bertz CT molecular complexity index is 1520. The van der Waals surface area contributed by atoms with Gasteiger partial charge in [-0.1, -0.05) is 29.8 Å². The molecule has 2 aromatic carbocycles. The number of esters is 1. The Morgan fingerprint density at radius 3 is 2.54 bits per heavy atom. The first-order valence-electron chi connectivity index (χ1n) is 11.2. The summed E-state index contributed by atoms with van der Waals surface area (Å²) in [6.07, 6.45) is 1.28. The Hall–Kier alpha value is -4.87. The van der Waals surface area contributed by atoms with Gasteiger partial charge in [-0.05, 0) is 30.7 Å². The fourth-order valence-corrected chi connectivity index (χ4v) is 3.38. The van der Waals surface area contributed by atoms with E-state index in [-0.39, 0.29) is 42.8 Å². The minimum Gasteiger partial charge on any atom is -0.469 e. The zero-order valence-corrected chi connectivity index (χ0v) is 20.1. The molecule has 2 aromatic heterocycles. The van der Waals surface area contributed by atoms with Crippen LogP contribution in [0.4, 0.5) is 16.0 Å². The maximum absolute atomic E-state index is 14.7. The van der Waals surface area contributed by atoms with Crippen LogP contribution in [-0.4, -0.2) is 37.4 Å². The molecular weight excluding hydrogens is 483 g/mol. The van der Waals surface area contributed by atoms with Crippen LogP contribution in [0.2, 0.25) is 0 Å². The van der Waals surface area contributed by atoms with Crippen LogP contribution < -0.4 is 21.4 Å². The van der Waals surface area contributed by atoms with Crippen molar-refractivity contribution in [3.63, 3.8) is 0 Å². The molecule has 0 bridgehead atoms. The van der Waals surface area contributed by atoms with Crippen molar-refractivity contribution in [1.82, 2.24) is 24.3 Å². The van der Waals surface area contributed by atoms with E-state index in [1.165, 1.54) is 36.1 Å². The molecule has 2 heterocycles. The zero-order valence-electron chi connectivity index (χ0n) is 20.1. The lowest BCUT2D eigenvalue weighted by molar-refractivity contribution is -0.140. The van der Waals surface area contributed by atoms with Gasteiger partial charge in [0, 0.05) is 30.6 Å². The molecule has 0 amide bonds. The summed E-state index contributed by atoms with van der Waals surface area (Å²) >= 11 is 0. The van der Waals surface area contributed by atoms with Crippen molar-refractivity contribution in [3.8, 4) is 11.6 Å². The van der Waals surface area contributed by atoms with E-state index < -0.39 is 23.2 Å². The minimum absolute atomic E-state index is 0.0727. The summed E-state index contributed by atoms with van der Waals surface area (Å²) in [6.45, 7) is 1.81. The highest BCUT2D eigenvalue weighted by Gasteiger charge is 2.16. The molecule has 190 valence electrons. The number of benzene rings is 2. The van der Waals surface area contributed by atoms with Crippen molar-refractivity contribution in [3.05, 3.63) is 98.7 Å². The van der Waals surface area contributed by atoms with Gasteiger partial charge in [-0.3, -0.25) is 9.36 Å². The second kappa shape index (κ2) is 11.2. The van der Waals surface area contributed by atoms with E-state index in [1.807, 2.05) is 31.2 Å². The van der Waals surface area contributed by atoms with Gasteiger partial charge < -0.3 is 14.8 Å². The lowest BCUT2D eigenvalue weighted by Crippen LogP contribution is -2.43. The Morgan fingerprint density at radius 1 is 1.08 bits per heavy atom. The average molecular weight is 506 g/mol. The van der Waals surface area contributed by atoms with Crippen LogP contribution in [0, 0.1) is 12.7 Å². The number of nitrogens with zero attached hydrogens (tertiary/aromatic N) is 5. The molecule has 0 aliphatic carbocycles. The molecule has 0 aliphatic rings. The number of rotatable bonds is 9. The number of anilines is 2. The van der Waals surface area contributed by atoms with Crippen LogP contribution in [0.1, 0.15) is 17.5 Å². The second-order valence-corrected chi connectivity index (χ2v) is 7.98. The average Bonchev–Trinajstić information content (AvgIpc) is 2.89. The van der Waals surface area contributed by atoms with E-state index in [4.69, 9.17) is 4.74 Å². The highest BCUT2D eigenvalue weighted by molar-refractivity contribution is 5.69. The quantitative estimate of drug-likeness (QED) is 0.341. The summed E-state index contributed by atoms with van der Waals surface area (Å²) in [6, 6.07) is 14.6. The third kappa shape index (κ3) is 6.23. The molecule has 4 rings (SSSR count). The molecule has 0 atom stereocenters. The maximum atomic E-state index is 14.7. The summed E-state index contributed by atoms with van der Waals surface area (Å²) in [7, 11) is 1.22. The monoisotopic (exact) mass is 506 g/mol. The SMILES string of the molecule is COC(=O)CCn1c(=O)nc(Nc2ccc(Oc3cccnn3)c(F)c2)n(Cc2ccc(C)cc2)c1=O. The number of halogens is 1. The lowest BCUT2D eigenvalue weighted by Gasteiger charge is -2.16. The third-order valence-electron chi connectivity index (χ3n) is 5.33. The molecule has 12 heteroatoms. The van der Waals surface area contributed by atoms with Gasteiger partial charge in [0.1, 0.15) is 0 Å². The number of carbonyl (C=O) groups excluding carboxylic acids is 1. The number of aryl methyl sites for hydroxylation is 1. The van der Waals surface area contributed by atoms with E-state index in [2.05, 4.69) is 25.2 Å². The van der Waals surface area contributed by atoms with E-state index >= 15 is 0 Å². The second-order valence-electron chi connectivity index (χ2n) is 7.98. The van der Waals surface area contributed by atoms with Gasteiger partial charge >= 0.3 is 17.3 Å². The Morgan fingerprint density at radius 2 is 1.86 bits per heavy atom. The Kier molecular flexibility index (Phi) is 7.67. The molecule has 4 aromatic rings. The normalized spacial score (nSPS) is 10.7. The number of ether oxygens (including phenoxy) is 2. The van der Waals surface area contributed by atoms with E-state index in [1.54, 1.807) is 6.07 Å². The predicted molar refractivity (Wildman–Crippen MR) is 131 cm³/mol. The van der Waals surface area contributed by atoms with Crippen LogP contribution in [0.25, 0.3) is 0 Å². The van der Waals surface area contributed by atoms with Crippen molar-refractivity contribution in [2.75, 3.05) is 12.4 Å². The number of carbonyl (C=O) groups is 1. The summed E-state index contributed by atoms with van der Waals surface area (Å²) in [5.41, 5.74) is 0.486. The maximum Gasteiger partial charge on any atom is 0.354 e. The molecule has 1 N–H and O–H groups in total. The largest absolute Gasteiger partial charge is 0.469 e. The first kappa shape index (κ1) is 25.2. The van der Waals surface area contributed by atoms with Crippen LogP contribution in [0.5, 0.6) is 11.6 Å². The van der Waals surface area contributed by atoms with Crippen molar-refractivity contribution in [2.45, 2.75) is 26.4 Å². The molecule has 11 nitrogen and oxygen atoms in total. The zero-order chi connectivity index (χ0) is 26.4. The minimum atomic E-state index is -0.861. The number of aromatic nitrogens is 5. The highest BCUT2D eigenvalue weighted by Crippen LogP contribution is 2.26. The smallest absolute Gasteiger partial charge is 0.354 e. The van der Waals surface area contributed by atoms with Crippen molar-refractivity contribution >= 4 is 17.6 Å². The molecule has 0 spiro atoms. The van der Waals surface area contributed by atoms with Crippen LogP contribution >= 0.6 is 0 Å². The van der Waals surface area contributed by atoms with Crippen molar-refractivity contribution < 1.29 is 18.7 Å².